The van der Waals surface area contributed by atoms with E-state index in [0.717, 1.165) is 55.4 Å². The van der Waals surface area contributed by atoms with Gasteiger partial charge in [-0.25, -0.2) is 9.48 Å². The van der Waals surface area contributed by atoms with Crippen LogP contribution in [0.3, 0.4) is 0 Å². The quantitative estimate of drug-likeness (QED) is 0.122. The van der Waals surface area contributed by atoms with Crippen LogP contribution in [0, 0.1) is 12.8 Å². The number of nitrogens with one attached hydrogen (secondary N) is 2. The van der Waals surface area contributed by atoms with Crippen LogP contribution in [0.5, 0.6) is 5.75 Å². The molecule has 0 aliphatic carbocycles. The first-order chi connectivity index (χ1) is 22.7. The summed E-state index contributed by atoms with van der Waals surface area (Å²) in [6.45, 7) is 25.0. The molecule has 0 saturated carbocycles. The van der Waals surface area contributed by atoms with Gasteiger partial charge in [0.05, 0.1) is 17.6 Å². The first-order valence-corrected chi connectivity index (χ1v) is 19.5. The Morgan fingerprint density at radius 3 is 2.21 bits per heavy atom. The van der Waals surface area contributed by atoms with E-state index < -0.39 is 14.3 Å². The fourth-order valence-electron chi connectivity index (χ4n) is 7.16. The predicted molar refractivity (Wildman–Crippen MR) is 195 cm³/mol. The van der Waals surface area contributed by atoms with Crippen LogP contribution in [0.1, 0.15) is 86.4 Å². The van der Waals surface area contributed by atoms with Crippen LogP contribution >= 0.6 is 0 Å². The third-order valence-corrected chi connectivity index (χ3v) is 15.9. The van der Waals surface area contributed by atoms with Gasteiger partial charge in [-0.2, -0.15) is 10.6 Å². The molecule has 260 valence electrons. The average Bonchev–Trinajstić information content (AvgIpc) is 3.65. The molecule has 4 aromatic rings. The van der Waals surface area contributed by atoms with Gasteiger partial charge >= 0.3 is 6.03 Å². The largest absolute Gasteiger partial charge is 0.416 e. The number of fused-ring (bicyclic) bond motifs is 1. The summed E-state index contributed by atoms with van der Waals surface area (Å²) in [5.41, 5.74) is 7.65. The monoisotopic (exact) mass is 674 g/mol. The van der Waals surface area contributed by atoms with Crippen LogP contribution in [0.15, 0.2) is 48.7 Å². The molecule has 1 aliphatic rings. The second kappa shape index (κ2) is 14.3. The maximum Gasteiger partial charge on any atom is 0.353 e. The molecule has 4 heterocycles. The van der Waals surface area contributed by atoms with E-state index in [2.05, 4.69) is 88.2 Å². The lowest BCUT2D eigenvalue weighted by atomic mass is 9.92. The molecule has 2 amide bonds. The van der Waals surface area contributed by atoms with Crippen molar-refractivity contribution in [3.05, 3.63) is 59.9 Å². The SMILES string of the molecule is Cc1ccc(-n2nc(C(C)(C)C)cc2NC(=O)NOc2ccc3nnc(N4CCC(CO[Si](C(C)C)(C(C)C)C(C)C)CC4)n3c2)cc1. The van der Waals surface area contributed by atoms with Crippen LogP contribution in [-0.4, -0.2) is 58.4 Å². The average molecular weight is 675 g/mol. The van der Waals surface area contributed by atoms with E-state index in [-0.39, 0.29) is 5.41 Å². The van der Waals surface area contributed by atoms with E-state index in [1.54, 1.807) is 10.7 Å². The van der Waals surface area contributed by atoms with Crippen molar-refractivity contribution in [1.29, 1.82) is 0 Å². The van der Waals surface area contributed by atoms with Crippen molar-refractivity contribution in [3.63, 3.8) is 0 Å². The molecular formula is C36H54N8O3Si. The molecule has 0 unspecified atom stereocenters. The Hall–Kier alpha value is -3.90. The number of rotatable bonds is 11. The topological polar surface area (TPSA) is 111 Å². The number of hydrogen-bond acceptors (Lipinski definition) is 7. The van der Waals surface area contributed by atoms with Gasteiger partial charge in [-0.15, -0.1) is 10.2 Å². The molecule has 2 N–H and O–H groups in total. The molecule has 1 aliphatic heterocycles. The summed E-state index contributed by atoms with van der Waals surface area (Å²) >= 11 is 0. The van der Waals surface area contributed by atoms with Gasteiger partial charge in [0.2, 0.25) is 5.95 Å². The number of aryl methyl sites for hydroxylation is 1. The summed E-state index contributed by atoms with van der Waals surface area (Å²) in [7, 11) is -1.88. The predicted octanol–water partition coefficient (Wildman–Crippen LogP) is 8.04. The van der Waals surface area contributed by atoms with E-state index >= 15 is 0 Å². The van der Waals surface area contributed by atoms with Gasteiger partial charge in [-0.05, 0) is 66.6 Å². The van der Waals surface area contributed by atoms with Crippen LogP contribution in [-0.2, 0) is 9.84 Å². The van der Waals surface area contributed by atoms with Crippen molar-refractivity contribution in [1.82, 2.24) is 29.9 Å². The number of aromatic nitrogens is 5. The van der Waals surface area contributed by atoms with Crippen LogP contribution in [0.2, 0.25) is 16.6 Å². The number of benzene rings is 1. The van der Waals surface area contributed by atoms with Gasteiger partial charge in [0, 0.05) is 31.2 Å². The zero-order valence-corrected chi connectivity index (χ0v) is 31.4. The second-order valence-corrected chi connectivity index (χ2v) is 20.7. The standard InChI is InChI=1S/C36H54N8O3Si/c1-24(2)48(25(3)4,26(5)6)46-23-28-17-19-42(20-18-28)35-39-38-32-16-15-30(22-43(32)35)47-41-34(45)37-33-21-31(36(8,9)10)40-44(33)29-13-11-27(7)12-14-29/h11-16,21-22,24-26,28H,17-20,23H2,1-10H3,(H2,37,41,45). The molecule has 0 atom stereocenters. The van der Waals surface area contributed by atoms with E-state index in [1.165, 1.54) is 0 Å². The van der Waals surface area contributed by atoms with E-state index in [9.17, 15) is 4.79 Å². The number of nitrogens with zero attached hydrogens (tertiary/aromatic N) is 6. The van der Waals surface area contributed by atoms with Gasteiger partial charge < -0.3 is 14.2 Å². The molecule has 0 spiro atoms. The lowest BCUT2D eigenvalue weighted by Crippen LogP contribution is -2.49. The number of hydroxylamine groups is 1. The summed E-state index contributed by atoms with van der Waals surface area (Å²) in [5, 5.41) is 16.6. The van der Waals surface area contributed by atoms with Gasteiger partial charge in [-0.3, -0.25) is 9.72 Å². The Balaban J connectivity index is 1.21. The molecule has 1 fully saturated rings. The maximum atomic E-state index is 13.0. The summed E-state index contributed by atoms with van der Waals surface area (Å²) < 4.78 is 10.6. The lowest BCUT2D eigenvalue weighted by molar-refractivity contribution is 0.188. The second-order valence-electron chi connectivity index (χ2n) is 15.2. The molecule has 0 radical (unpaired) electrons. The van der Waals surface area contributed by atoms with E-state index in [0.29, 0.717) is 39.8 Å². The van der Waals surface area contributed by atoms with Crippen LogP contribution < -0.4 is 20.5 Å². The minimum absolute atomic E-state index is 0.197. The molecule has 3 aromatic heterocycles. The van der Waals surface area contributed by atoms with Gasteiger partial charge in [0.15, 0.2) is 19.7 Å². The Labute approximate surface area is 286 Å². The molecule has 1 aromatic carbocycles. The highest BCUT2D eigenvalue weighted by Gasteiger charge is 2.45. The first kappa shape index (κ1) is 35.4. The van der Waals surface area contributed by atoms with Crippen molar-refractivity contribution in [2.75, 3.05) is 29.9 Å². The normalized spacial score (nSPS) is 14.8. The van der Waals surface area contributed by atoms with Crippen LogP contribution in [0.4, 0.5) is 16.6 Å². The Kier molecular flexibility index (Phi) is 10.5. The maximum absolute atomic E-state index is 13.0. The van der Waals surface area contributed by atoms with Crippen molar-refractivity contribution in [3.8, 4) is 11.4 Å². The van der Waals surface area contributed by atoms with Gasteiger partial charge in [-0.1, -0.05) is 80.0 Å². The molecule has 11 nitrogen and oxygen atoms in total. The Morgan fingerprint density at radius 2 is 1.60 bits per heavy atom. The summed E-state index contributed by atoms with van der Waals surface area (Å²) in [6, 6.07) is 13.0. The van der Waals surface area contributed by atoms with Crippen molar-refractivity contribution >= 4 is 31.8 Å². The lowest BCUT2D eigenvalue weighted by Gasteiger charge is -2.43. The number of amides is 2. The number of hydrogen-bond donors (Lipinski definition) is 2. The highest BCUT2D eigenvalue weighted by molar-refractivity contribution is 6.77. The zero-order valence-electron chi connectivity index (χ0n) is 30.4. The van der Waals surface area contributed by atoms with Gasteiger partial charge in [0.1, 0.15) is 5.82 Å². The van der Waals surface area contributed by atoms with E-state index in [1.807, 2.05) is 53.9 Å². The number of anilines is 2. The fourth-order valence-corrected chi connectivity index (χ4v) is 12.7. The van der Waals surface area contributed by atoms with Crippen LogP contribution in [0.25, 0.3) is 11.3 Å². The third kappa shape index (κ3) is 7.54. The molecule has 5 rings (SSSR count). The Morgan fingerprint density at radius 1 is 0.958 bits per heavy atom. The van der Waals surface area contributed by atoms with Crippen molar-refractivity contribution in [2.24, 2.45) is 5.92 Å². The molecule has 0 bridgehead atoms. The fraction of sp³-hybridized carbons (Fsp3) is 0.556. The summed E-state index contributed by atoms with van der Waals surface area (Å²) in [6.07, 6.45) is 3.89. The van der Waals surface area contributed by atoms with E-state index in [4.69, 9.17) is 14.4 Å². The van der Waals surface area contributed by atoms with Crippen molar-refractivity contribution < 1.29 is 14.1 Å². The summed E-state index contributed by atoms with van der Waals surface area (Å²) in [5.74, 6) is 2.31. The molecule has 1 saturated heterocycles. The smallest absolute Gasteiger partial charge is 0.353 e. The molecule has 48 heavy (non-hydrogen) atoms. The van der Waals surface area contributed by atoms with Gasteiger partial charge in [0.25, 0.3) is 0 Å². The first-order valence-electron chi connectivity index (χ1n) is 17.3. The minimum atomic E-state index is -1.88. The minimum Gasteiger partial charge on any atom is -0.416 e. The number of urea groups is 1. The highest BCUT2D eigenvalue weighted by Crippen LogP contribution is 2.43. The van der Waals surface area contributed by atoms with Crippen molar-refractivity contribution in [2.45, 2.75) is 104 Å². The molecular weight excluding hydrogens is 621 g/mol. The number of pyridine rings is 1. The number of carbonyl (C=O) groups is 1. The molecule has 12 heteroatoms. The zero-order chi connectivity index (χ0) is 34.8. The number of piperidine rings is 1. The third-order valence-electron chi connectivity index (χ3n) is 9.79. The summed E-state index contributed by atoms with van der Waals surface area (Å²) in [4.78, 5) is 21.0. The highest BCUT2D eigenvalue weighted by atomic mass is 28.4. The Bertz CT molecular complexity index is 1660. The number of carbonyl (C=O) groups excluding carboxylic acids is 1.